The number of nitrogens with zero attached hydrogens (tertiary/aromatic N) is 2. The van der Waals surface area contributed by atoms with Crippen molar-refractivity contribution in [3.8, 4) is 5.75 Å². The van der Waals surface area contributed by atoms with Crippen molar-refractivity contribution in [1.29, 1.82) is 0 Å². The minimum atomic E-state index is -0.945. The summed E-state index contributed by atoms with van der Waals surface area (Å²) in [6.45, 7) is 7.72. The lowest BCUT2D eigenvalue weighted by Crippen LogP contribution is -2.29. The van der Waals surface area contributed by atoms with Crippen LogP contribution in [0, 0.1) is 6.92 Å². The van der Waals surface area contributed by atoms with Crippen molar-refractivity contribution in [3.63, 3.8) is 0 Å². The molecule has 1 fully saturated rings. The molecule has 1 atom stereocenters. The number of hydrogen-bond donors (Lipinski definition) is 1. The average Bonchev–Trinajstić information content (AvgIpc) is 3.16. The zero-order valence-electron chi connectivity index (χ0n) is 21.8. The smallest absolute Gasteiger partial charge is 0.310 e. The van der Waals surface area contributed by atoms with Gasteiger partial charge in [-0.25, -0.2) is 0 Å². The Balaban J connectivity index is 1.78. The summed E-state index contributed by atoms with van der Waals surface area (Å²) in [4.78, 5) is 44.3. The normalized spacial score (nSPS) is 16.7. The van der Waals surface area contributed by atoms with Crippen molar-refractivity contribution >= 4 is 29.1 Å². The average molecular weight is 515 g/mol. The van der Waals surface area contributed by atoms with Crippen LogP contribution in [0.5, 0.6) is 5.75 Å². The van der Waals surface area contributed by atoms with E-state index in [0.29, 0.717) is 34.9 Å². The van der Waals surface area contributed by atoms with E-state index < -0.39 is 17.7 Å². The number of aliphatic hydroxyl groups excluding tert-OH is 1. The number of ketones is 1. The molecule has 8 heteroatoms. The summed E-state index contributed by atoms with van der Waals surface area (Å²) in [6.07, 6.45) is 1.64. The molecule has 0 aliphatic carbocycles. The summed E-state index contributed by atoms with van der Waals surface area (Å²) < 4.78 is 10.8. The van der Waals surface area contributed by atoms with Gasteiger partial charge in [0.05, 0.1) is 30.4 Å². The predicted octanol–water partition coefficient (Wildman–Crippen LogP) is 4.91. The molecule has 2 heterocycles. The highest BCUT2D eigenvalue weighted by molar-refractivity contribution is 6.51. The molecule has 1 aromatic heterocycles. The molecule has 1 aliphatic rings. The molecular weight excluding hydrogens is 484 g/mol. The van der Waals surface area contributed by atoms with Gasteiger partial charge in [0.15, 0.2) is 0 Å². The maximum absolute atomic E-state index is 13.3. The molecule has 1 unspecified atom stereocenters. The SMILES string of the molecule is CCOC(=O)Cc1ccc(N2C(=O)C(=O)/C(=C(\O)c3ccc(OC(C)C)c(C)c3)C2c2ccccn2)cc1. The Morgan fingerprint density at radius 2 is 1.82 bits per heavy atom. The summed E-state index contributed by atoms with van der Waals surface area (Å²) in [5.74, 6) is -1.57. The highest BCUT2D eigenvalue weighted by Gasteiger charge is 2.47. The van der Waals surface area contributed by atoms with Gasteiger partial charge in [-0.05, 0) is 81.3 Å². The Kier molecular flexibility index (Phi) is 7.90. The molecule has 8 nitrogen and oxygen atoms in total. The Morgan fingerprint density at radius 1 is 1.08 bits per heavy atom. The van der Waals surface area contributed by atoms with Gasteiger partial charge >= 0.3 is 5.97 Å². The van der Waals surface area contributed by atoms with Crippen LogP contribution in [-0.2, 0) is 25.5 Å². The van der Waals surface area contributed by atoms with Crippen LogP contribution < -0.4 is 9.64 Å². The van der Waals surface area contributed by atoms with Crippen LogP contribution in [-0.4, -0.2) is 40.5 Å². The van der Waals surface area contributed by atoms with Crippen molar-refractivity contribution in [2.75, 3.05) is 11.5 Å². The van der Waals surface area contributed by atoms with Crippen LogP contribution in [0.25, 0.3) is 5.76 Å². The third kappa shape index (κ3) is 5.44. The van der Waals surface area contributed by atoms with Crippen LogP contribution in [0.2, 0.25) is 0 Å². The van der Waals surface area contributed by atoms with E-state index in [1.807, 2.05) is 20.8 Å². The quantitative estimate of drug-likeness (QED) is 0.197. The van der Waals surface area contributed by atoms with Gasteiger partial charge in [-0.1, -0.05) is 18.2 Å². The monoisotopic (exact) mass is 514 g/mol. The molecule has 0 radical (unpaired) electrons. The fraction of sp³-hybridized carbons (Fsp3) is 0.267. The lowest BCUT2D eigenvalue weighted by molar-refractivity contribution is -0.142. The maximum Gasteiger partial charge on any atom is 0.310 e. The molecule has 0 spiro atoms. The number of anilines is 1. The van der Waals surface area contributed by atoms with Crippen molar-refractivity contribution in [3.05, 3.63) is 94.8 Å². The van der Waals surface area contributed by atoms with Gasteiger partial charge in [0, 0.05) is 17.4 Å². The number of hydrogen-bond acceptors (Lipinski definition) is 7. The molecule has 3 aromatic rings. The molecule has 1 saturated heterocycles. The Bertz CT molecular complexity index is 1380. The van der Waals surface area contributed by atoms with Crippen LogP contribution in [0.1, 0.15) is 49.2 Å². The number of ether oxygens (including phenoxy) is 2. The van der Waals surface area contributed by atoms with E-state index >= 15 is 0 Å². The lowest BCUT2D eigenvalue weighted by Gasteiger charge is -2.25. The zero-order valence-corrected chi connectivity index (χ0v) is 21.8. The molecule has 1 N–H and O–H groups in total. The van der Waals surface area contributed by atoms with Gasteiger partial charge in [-0.3, -0.25) is 24.3 Å². The van der Waals surface area contributed by atoms with Crippen molar-refractivity contribution in [2.24, 2.45) is 0 Å². The zero-order chi connectivity index (χ0) is 27.4. The van der Waals surface area contributed by atoms with Crippen molar-refractivity contribution in [1.82, 2.24) is 4.98 Å². The first kappa shape index (κ1) is 26.6. The van der Waals surface area contributed by atoms with Crippen LogP contribution in [0.4, 0.5) is 5.69 Å². The number of aryl methyl sites for hydroxylation is 1. The van der Waals surface area contributed by atoms with E-state index in [1.165, 1.54) is 4.90 Å². The number of aliphatic hydroxyl groups is 1. The Labute approximate surface area is 221 Å². The van der Waals surface area contributed by atoms with Crippen LogP contribution in [0.3, 0.4) is 0 Å². The number of carbonyl (C=O) groups excluding carboxylic acids is 3. The van der Waals surface area contributed by atoms with Crippen molar-refractivity contribution < 1.29 is 29.0 Å². The standard InChI is InChI=1S/C30H30N2O6/c1-5-37-25(33)17-20-9-12-22(13-10-20)32-27(23-8-6-7-15-31-23)26(29(35)30(32)36)28(34)21-11-14-24(19(4)16-21)38-18(2)3/h6-16,18,27,34H,5,17H2,1-4H3/b28-26-. The number of esters is 1. The van der Waals surface area contributed by atoms with E-state index in [9.17, 15) is 19.5 Å². The third-order valence-electron chi connectivity index (χ3n) is 6.09. The minimum Gasteiger partial charge on any atom is -0.507 e. The molecule has 4 rings (SSSR count). The van der Waals surface area contributed by atoms with E-state index in [0.717, 1.165) is 5.56 Å². The number of carbonyl (C=O) groups is 3. The number of pyridine rings is 1. The summed E-state index contributed by atoms with van der Waals surface area (Å²) >= 11 is 0. The fourth-order valence-corrected chi connectivity index (χ4v) is 4.41. The van der Waals surface area contributed by atoms with E-state index in [2.05, 4.69) is 4.98 Å². The minimum absolute atomic E-state index is 0.0219. The highest BCUT2D eigenvalue weighted by atomic mass is 16.5. The first-order chi connectivity index (χ1) is 18.2. The molecule has 196 valence electrons. The molecule has 0 bridgehead atoms. The summed E-state index contributed by atoms with van der Waals surface area (Å²) in [5, 5.41) is 11.4. The number of amides is 1. The number of benzene rings is 2. The predicted molar refractivity (Wildman–Crippen MR) is 143 cm³/mol. The van der Waals surface area contributed by atoms with E-state index in [-0.39, 0.29) is 29.8 Å². The van der Waals surface area contributed by atoms with E-state index in [4.69, 9.17) is 9.47 Å². The molecular formula is C30H30N2O6. The second-order valence-electron chi connectivity index (χ2n) is 9.22. The molecule has 0 saturated carbocycles. The highest BCUT2D eigenvalue weighted by Crippen LogP contribution is 2.41. The number of Topliss-reactive ketones (excluding diaryl/α,β-unsaturated/α-hetero) is 1. The summed E-state index contributed by atoms with van der Waals surface area (Å²) in [5.41, 5.74) is 2.69. The van der Waals surface area contributed by atoms with Crippen molar-refractivity contribution in [2.45, 2.75) is 46.3 Å². The third-order valence-corrected chi connectivity index (χ3v) is 6.09. The first-order valence-electron chi connectivity index (χ1n) is 12.5. The second-order valence-corrected chi connectivity index (χ2v) is 9.22. The fourth-order valence-electron chi connectivity index (χ4n) is 4.41. The molecule has 2 aromatic carbocycles. The largest absolute Gasteiger partial charge is 0.507 e. The number of aromatic nitrogens is 1. The molecule has 1 amide bonds. The summed E-state index contributed by atoms with van der Waals surface area (Å²) in [7, 11) is 0. The van der Waals surface area contributed by atoms with Gasteiger partial charge < -0.3 is 14.6 Å². The molecule has 1 aliphatic heterocycles. The molecule has 38 heavy (non-hydrogen) atoms. The maximum atomic E-state index is 13.3. The van der Waals surface area contributed by atoms with E-state index in [1.54, 1.807) is 73.8 Å². The van der Waals surface area contributed by atoms with Gasteiger partial charge in [0.25, 0.3) is 11.7 Å². The van der Waals surface area contributed by atoms with Crippen LogP contribution in [0.15, 0.2) is 72.4 Å². The van der Waals surface area contributed by atoms with Gasteiger partial charge in [-0.15, -0.1) is 0 Å². The lowest BCUT2D eigenvalue weighted by atomic mass is 9.97. The van der Waals surface area contributed by atoms with Gasteiger partial charge in [-0.2, -0.15) is 0 Å². The van der Waals surface area contributed by atoms with Gasteiger partial charge in [0.2, 0.25) is 0 Å². The Morgan fingerprint density at radius 3 is 2.42 bits per heavy atom. The first-order valence-corrected chi connectivity index (χ1v) is 12.5. The van der Waals surface area contributed by atoms with Crippen LogP contribution >= 0.6 is 0 Å². The summed E-state index contributed by atoms with van der Waals surface area (Å²) in [6, 6.07) is 16.1. The topological polar surface area (TPSA) is 106 Å². The van der Waals surface area contributed by atoms with Gasteiger partial charge in [0.1, 0.15) is 17.6 Å². The second kappa shape index (κ2) is 11.3. The Hall–Kier alpha value is -4.46. The number of rotatable bonds is 8.